The molecule has 0 aliphatic carbocycles. The summed E-state index contributed by atoms with van der Waals surface area (Å²) in [5.74, 6) is -0.308. The molecular formula is C36H42N6O4S. The van der Waals surface area contributed by atoms with Crippen LogP contribution in [0.25, 0.3) is 11.3 Å². The number of aryl methyl sites for hydroxylation is 1. The summed E-state index contributed by atoms with van der Waals surface area (Å²) in [6, 6.07) is 28.2. The Morgan fingerprint density at radius 3 is 2.26 bits per heavy atom. The molecule has 0 saturated carbocycles. The summed E-state index contributed by atoms with van der Waals surface area (Å²) < 4.78 is 29.9. The highest BCUT2D eigenvalue weighted by Gasteiger charge is 2.29. The summed E-state index contributed by atoms with van der Waals surface area (Å²) in [6.07, 6.45) is 1.05. The maximum atomic E-state index is 13.6. The number of benzene rings is 3. The fourth-order valence-corrected chi connectivity index (χ4v) is 6.62. The molecule has 3 aromatic carbocycles. The highest BCUT2D eigenvalue weighted by atomic mass is 32.2. The van der Waals surface area contributed by atoms with E-state index in [0.717, 1.165) is 23.1 Å². The SMILES string of the molecule is CCCN(Cc1ccccc1)c1cc(NC(=O)Cc2ccc(C)cc2)cc(-c2ccccc2C(=O)NS(=O)(=O)N2CCN(C)CC2)n1. The van der Waals surface area contributed by atoms with E-state index in [1.165, 1.54) is 4.31 Å². The molecule has 2 amide bonds. The summed E-state index contributed by atoms with van der Waals surface area (Å²) in [5, 5.41) is 3.04. The molecule has 47 heavy (non-hydrogen) atoms. The van der Waals surface area contributed by atoms with Crippen molar-refractivity contribution < 1.29 is 18.0 Å². The molecule has 1 fully saturated rings. The van der Waals surface area contributed by atoms with E-state index in [9.17, 15) is 18.0 Å². The van der Waals surface area contributed by atoms with Gasteiger partial charge in [-0.05, 0) is 43.7 Å². The summed E-state index contributed by atoms with van der Waals surface area (Å²) in [5.41, 5.74) is 4.69. The van der Waals surface area contributed by atoms with E-state index < -0.39 is 16.1 Å². The van der Waals surface area contributed by atoms with Crippen molar-refractivity contribution in [2.24, 2.45) is 0 Å². The zero-order chi connectivity index (χ0) is 33.4. The van der Waals surface area contributed by atoms with Crippen LogP contribution in [0.3, 0.4) is 0 Å². The first kappa shape index (κ1) is 33.8. The van der Waals surface area contributed by atoms with Crippen molar-refractivity contribution in [3.8, 4) is 11.3 Å². The molecule has 0 unspecified atom stereocenters. The van der Waals surface area contributed by atoms with Crippen LogP contribution in [-0.2, 0) is 28.0 Å². The topological polar surface area (TPSA) is 115 Å². The molecule has 0 bridgehead atoms. The Morgan fingerprint density at radius 1 is 0.872 bits per heavy atom. The number of piperazine rings is 1. The van der Waals surface area contributed by atoms with Crippen molar-refractivity contribution in [2.45, 2.75) is 33.2 Å². The number of rotatable bonds is 12. The van der Waals surface area contributed by atoms with E-state index in [1.807, 2.05) is 67.4 Å². The summed E-state index contributed by atoms with van der Waals surface area (Å²) in [7, 11) is -2.12. The minimum atomic E-state index is -4.05. The normalized spacial score (nSPS) is 14.0. The van der Waals surface area contributed by atoms with E-state index in [0.29, 0.717) is 62.0 Å². The number of carbonyl (C=O) groups is 2. The lowest BCUT2D eigenvalue weighted by Crippen LogP contribution is -2.52. The molecule has 246 valence electrons. The molecule has 4 aromatic rings. The number of pyridine rings is 1. The van der Waals surface area contributed by atoms with Crippen LogP contribution in [0, 0.1) is 6.92 Å². The minimum Gasteiger partial charge on any atom is -0.352 e. The molecule has 0 radical (unpaired) electrons. The molecule has 10 nitrogen and oxygen atoms in total. The molecule has 1 aliphatic rings. The number of aromatic nitrogens is 1. The number of nitrogens with one attached hydrogen (secondary N) is 2. The smallest absolute Gasteiger partial charge is 0.304 e. The number of anilines is 2. The van der Waals surface area contributed by atoms with Crippen LogP contribution in [-0.4, -0.2) is 74.2 Å². The highest BCUT2D eigenvalue weighted by Crippen LogP contribution is 2.30. The van der Waals surface area contributed by atoms with Crippen molar-refractivity contribution in [3.63, 3.8) is 0 Å². The molecule has 2 N–H and O–H groups in total. The Morgan fingerprint density at radius 2 is 1.55 bits per heavy atom. The number of carbonyl (C=O) groups excluding carboxylic acids is 2. The van der Waals surface area contributed by atoms with E-state index in [1.54, 1.807) is 30.3 Å². The number of likely N-dealkylation sites (N-methyl/N-ethyl adjacent to an activating group) is 1. The number of hydrogen-bond acceptors (Lipinski definition) is 7. The minimum absolute atomic E-state index is 0.164. The van der Waals surface area contributed by atoms with Gasteiger partial charge < -0.3 is 15.1 Å². The van der Waals surface area contributed by atoms with Crippen LogP contribution < -0.4 is 14.9 Å². The maximum Gasteiger partial charge on any atom is 0.304 e. The van der Waals surface area contributed by atoms with E-state index in [4.69, 9.17) is 4.98 Å². The lowest BCUT2D eigenvalue weighted by molar-refractivity contribution is -0.115. The van der Waals surface area contributed by atoms with E-state index in [-0.39, 0.29) is 17.9 Å². The Balaban J connectivity index is 1.49. The Kier molecular flexibility index (Phi) is 11.0. The third-order valence-electron chi connectivity index (χ3n) is 8.09. The number of hydrogen-bond donors (Lipinski definition) is 2. The van der Waals surface area contributed by atoms with Crippen molar-refractivity contribution in [2.75, 3.05) is 50.0 Å². The predicted molar refractivity (Wildman–Crippen MR) is 186 cm³/mol. The molecule has 1 saturated heterocycles. The second kappa shape index (κ2) is 15.3. The van der Waals surface area contributed by atoms with Crippen LogP contribution in [0.4, 0.5) is 11.5 Å². The quantitative estimate of drug-likeness (QED) is 0.224. The van der Waals surface area contributed by atoms with Gasteiger partial charge in [-0.3, -0.25) is 9.59 Å². The van der Waals surface area contributed by atoms with Crippen molar-refractivity contribution >= 4 is 33.5 Å². The van der Waals surface area contributed by atoms with Gasteiger partial charge in [0.25, 0.3) is 5.91 Å². The lowest BCUT2D eigenvalue weighted by atomic mass is 10.0. The fraction of sp³-hybridized carbons (Fsp3) is 0.306. The summed E-state index contributed by atoms with van der Waals surface area (Å²) >= 11 is 0. The average Bonchev–Trinajstić information content (AvgIpc) is 3.06. The third-order valence-corrected chi connectivity index (χ3v) is 9.57. The Labute approximate surface area is 277 Å². The van der Waals surface area contributed by atoms with Gasteiger partial charge in [0.2, 0.25) is 5.91 Å². The van der Waals surface area contributed by atoms with Gasteiger partial charge in [-0.2, -0.15) is 12.7 Å². The van der Waals surface area contributed by atoms with Gasteiger partial charge in [0.1, 0.15) is 5.82 Å². The van der Waals surface area contributed by atoms with Crippen molar-refractivity contribution in [1.29, 1.82) is 0 Å². The van der Waals surface area contributed by atoms with Crippen molar-refractivity contribution in [1.82, 2.24) is 18.9 Å². The van der Waals surface area contributed by atoms with Gasteiger partial charge in [-0.25, -0.2) is 9.71 Å². The second-order valence-corrected chi connectivity index (χ2v) is 13.6. The average molecular weight is 655 g/mol. The molecule has 11 heteroatoms. The predicted octanol–water partition coefficient (Wildman–Crippen LogP) is 4.88. The summed E-state index contributed by atoms with van der Waals surface area (Å²) in [6.45, 7) is 7.14. The largest absolute Gasteiger partial charge is 0.352 e. The molecule has 2 heterocycles. The van der Waals surface area contributed by atoms with Gasteiger partial charge in [0, 0.05) is 62.1 Å². The molecule has 1 aromatic heterocycles. The van der Waals surface area contributed by atoms with Crippen LogP contribution in [0.2, 0.25) is 0 Å². The first-order valence-electron chi connectivity index (χ1n) is 15.9. The first-order chi connectivity index (χ1) is 22.6. The zero-order valence-corrected chi connectivity index (χ0v) is 28.0. The molecular weight excluding hydrogens is 613 g/mol. The fourth-order valence-electron chi connectivity index (χ4n) is 5.50. The van der Waals surface area contributed by atoms with Crippen LogP contribution >= 0.6 is 0 Å². The van der Waals surface area contributed by atoms with Gasteiger partial charge >= 0.3 is 10.2 Å². The Bertz CT molecular complexity index is 1790. The number of nitrogens with zero attached hydrogens (tertiary/aromatic N) is 4. The van der Waals surface area contributed by atoms with Crippen LogP contribution in [0.5, 0.6) is 0 Å². The molecule has 5 rings (SSSR count). The molecule has 0 spiro atoms. The van der Waals surface area contributed by atoms with Crippen LogP contribution in [0.1, 0.15) is 40.4 Å². The van der Waals surface area contributed by atoms with E-state index in [2.05, 4.69) is 34.0 Å². The zero-order valence-electron chi connectivity index (χ0n) is 27.1. The number of amides is 2. The highest BCUT2D eigenvalue weighted by molar-refractivity contribution is 7.87. The van der Waals surface area contributed by atoms with E-state index >= 15 is 0 Å². The second-order valence-electron chi connectivity index (χ2n) is 11.9. The lowest BCUT2D eigenvalue weighted by Gasteiger charge is -2.31. The maximum absolute atomic E-state index is 13.6. The monoisotopic (exact) mass is 654 g/mol. The van der Waals surface area contributed by atoms with Gasteiger partial charge in [0.15, 0.2) is 0 Å². The third kappa shape index (κ3) is 9.03. The van der Waals surface area contributed by atoms with Crippen molar-refractivity contribution in [3.05, 3.63) is 113 Å². The van der Waals surface area contributed by atoms with Gasteiger partial charge in [-0.15, -0.1) is 0 Å². The molecule has 0 atom stereocenters. The molecule has 1 aliphatic heterocycles. The summed E-state index contributed by atoms with van der Waals surface area (Å²) in [4.78, 5) is 36.0. The Hall–Kier alpha value is -4.58. The van der Waals surface area contributed by atoms with Crippen LogP contribution in [0.15, 0.2) is 91.0 Å². The van der Waals surface area contributed by atoms with Gasteiger partial charge in [-0.1, -0.05) is 85.3 Å². The first-order valence-corrected chi connectivity index (χ1v) is 17.3. The van der Waals surface area contributed by atoms with Gasteiger partial charge in [0.05, 0.1) is 12.1 Å². The standard InChI is InChI=1S/C36H42N6O4S/c1-4-18-41(26-29-10-6-5-7-11-29)34-25-30(37-35(43)23-28-16-14-27(2)15-17-28)24-33(38-34)31-12-8-9-13-32(31)36(44)39-47(45,46)42-21-19-40(3)20-22-42/h5-17,24-25H,4,18-23,26H2,1-3H3,(H,39,44)(H,37,38,43).